The monoisotopic (exact) mass is 567 g/mol. The lowest BCUT2D eigenvalue weighted by atomic mass is 9.87. The Kier molecular flexibility index (Phi) is 6.06. The molecule has 8 rings (SSSR count). The van der Waals surface area contributed by atoms with Crippen LogP contribution in [-0.4, -0.2) is 0 Å². The molecule has 0 aliphatic carbocycles. The Hall–Kier alpha value is -5.34. The minimum absolute atomic E-state index is 0.0631. The summed E-state index contributed by atoms with van der Waals surface area (Å²) in [6.45, 7) is 6.78. The number of hydrogen-bond acceptors (Lipinski definition) is 2. The Bertz CT molecular complexity index is 2310. The molecule has 44 heavy (non-hydrogen) atoms. The SMILES string of the molecule is CC(C)(C)c1ccc(N(c2ccc3c(c2)oc2ccccc23)c2ccc3ccccc3c2-c2cccc3ccccc23)cc1. The first-order valence-corrected chi connectivity index (χ1v) is 15.3. The average molecular weight is 568 g/mol. The summed E-state index contributed by atoms with van der Waals surface area (Å²) in [5.41, 5.74) is 8.87. The van der Waals surface area contributed by atoms with Gasteiger partial charge in [0.15, 0.2) is 0 Å². The van der Waals surface area contributed by atoms with Crippen LogP contribution in [0.15, 0.2) is 150 Å². The molecule has 0 aliphatic heterocycles. The van der Waals surface area contributed by atoms with Crippen LogP contribution < -0.4 is 4.90 Å². The van der Waals surface area contributed by atoms with Gasteiger partial charge >= 0.3 is 0 Å². The number of nitrogens with zero attached hydrogens (tertiary/aromatic N) is 1. The Morgan fingerprint density at radius 2 is 1.09 bits per heavy atom. The smallest absolute Gasteiger partial charge is 0.137 e. The van der Waals surface area contributed by atoms with Crippen LogP contribution in [-0.2, 0) is 5.41 Å². The normalized spacial score (nSPS) is 12.0. The number of rotatable bonds is 4. The number of benzene rings is 7. The van der Waals surface area contributed by atoms with Crippen molar-refractivity contribution in [2.24, 2.45) is 0 Å². The highest BCUT2D eigenvalue weighted by Crippen LogP contribution is 2.47. The number of fused-ring (bicyclic) bond motifs is 5. The molecule has 212 valence electrons. The second-order valence-corrected chi connectivity index (χ2v) is 12.6. The summed E-state index contributed by atoms with van der Waals surface area (Å²) in [7, 11) is 0. The molecule has 0 atom stereocenters. The van der Waals surface area contributed by atoms with Crippen LogP contribution in [0.2, 0.25) is 0 Å². The maximum atomic E-state index is 6.39. The van der Waals surface area contributed by atoms with Gasteiger partial charge in [-0.15, -0.1) is 0 Å². The van der Waals surface area contributed by atoms with E-state index in [0.717, 1.165) is 39.0 Å². The number of furan rings is 1. The molecular formula is C42H33NO. The van der Waals surface area contributed by atoms with Gasteiger partial charge in [-0.2, -0.15) is 0 Å². The first kappa shape index (κ1) is 26.3. The van der Waals surface area contributed by atoms with Gasteiger partial charge in [-0.05, 0) is 74.5 Å². The first-order valence-electron chi connectivity index (χ1n) is 15.3. The zero-order valence-electron chi connectivity index (χ0n) is 25.2. The second-order valence-electron chi connectivity index (χ2n) is 12.6. The van der Waals surface area contributed by atoms with Gasteiger partial charge in [0.2, 0.25) is 0 Å². The minimum atomic E-state index is 0.0631. The quantitative estimate of drug-likeness (QED) is 0.210. The molecule has 2 nitrogen and oxygen atoms in total. The highest BCUT2D eigenvalue weighted by atomic mass is 16.3. The van der Waals surface area contributed by atoms with Crippen LogP contribution in [0.25, 0.3) is 54.6 Å². The zero-order chi connectivity index (χ0) is 29.8. The van der Waals surface area contributed by atoms with Gasteiger partial charge in [0.05, 0.1) is 5.69 Å². The van der Waals surface area contributed by atoms with Crippen molar-refractivity contribution in [1.29, 1.82) is 0 Å². The molecule has 0 aliphatic rings. The molecule has 0 radical (unpaired) electrons. The van der Waals surface area contributed by atoms with E-state index in [-0.39, 0.29) is 5.41 Å². The lowest BCUT2D eigenvalue weighted by Crippen LogP contribution is -2.14. The summed E-state index contributed by atoms with van der Waals surface area (Å²) in [5, 5.41) is 7.17. The van der Waals surface area contributed by atoms with E-state index in [1.54, 1.807) is 0 Å². The Labute approximate surface area is 257 Å². The van der Waals surface area contributed by atoms with Crippen LogP contribution in [0.5, 0.6) is 0 Å². The molecule has 0 saturated carbocycles. The molecule has 7 aromatic carbocycles. The minimum Gasteiger partial charge on any atom is -0.456 e. The first-order chi connectivity index (χ1) is 21.5. The summed E-state index contributed by atoms with van der Waals surface area (Å²) >= 11 is 0. The predicted octanol–water partition coefficient (Wildman–Crippen LogP) is 12.3. The van der Waals surface area contributed by atoms with Gasteiger partial charge in [-0.3, -0.25) is 0 Å². The van der Waals surface area contributed by atoms with Gasteiger partial charge in [0.25, 0.3) is 0 Å². The van der Waals surface area contributed by atoms with E-state index in [9.17, 15) is 0 Å². The van der Waals surface area contributed by atoms with E-state index in [2.05, 4.69) is 159 Å². The maximum Gasteiger partial charge on any atom is 0.137 e. The lowest BCUT2D eigenvalue weighted by molar-refractivity contribution is 0.590. The largest absolute Gasteiger partial charge is 0.456 e. The van der Waals surface area contributed by atoms with Crippen LogP contribution >= 0.6 is 0 Å². The third kappa shape index (κ3) is 4.34. The third-order valence-corrected chi connectivity index (χ3v) is 8.82. The van der Waals surface area contributed by atoms with E-state index >= 15 is 0 Å². The van der Waals surface area contributed by atoms with Gasteiger partial charge < -0.3 is 9.32 Å². The fourth-order valence-electron chi connectivity index (χ4n) is 6.56. The molecule has 0 fully saturated rings. The van der Waals surface area contributed by atoms with Crippen molar-refractivity contribution in [1.82, 2.24) is 0 Å². The standard InChI is InChI=1S/C42H33NO/c1-42(2,3)30-20-22-31(23-21-30)43(32-24-25-36-35-16-8-9-18-39(35)44-40(36)27-32)38-26-19-29-12-5-7-15-34(29)41(38)37-17-10-13-28-11-4-6-14-33(28)37/h4-27H,1-3H3. The third-order valence-electron chi connectivity index (χ3n) is 8.82. The summed E-state index contributed by atoms with van der Waals surface area (Å²) in [6, 6.07) is 52.5. The zero-order valence-corrected chi connectivity index (χ0v) is 25.2. The summed E-state index contributed by atoms with van der Waals surface area (Å²) < 4.78 is 6.39. The Morgan fingerprint density at radius 1 is 0.477 bits per heavy atom. The number of para-hydroxylation sites is 1. The molecule has 8 aromatic rings. The molecule has 0 bridgehead atoms. The van der Waals surface area contributed by atoms with Crippen molar-refractivity contribution in [3.63, 3.8) is 0 Å². The van der Waals surface area contributed by atoms with Gasteiger partial charge in [0.1, 0.15) is 11.2 Å². The van der Waals surface area contributed by atoms with E-state index in [0.29, 0.717) is 0 Å². The molecule has 0 saturated heterocycles. The molecular weight excluding hydrogens is 534 g/mol. The van der Waals surface area contributed by atoms with Crippen molar-refractivity contribution >= 4 is 60.5 Å². The summed E-state index contributed by atoms with van der Waals surface area (Å²) in [4.78, 5) is 2.39. The molecule has 2 heteroatoms. The van der Waals surface area contributed by atoms with Gasteiger partial charge in [0, 0.05) is 33.8 Å². The topological polar surface area (TPSA) is 16.4 Å². The second kappa shape index (κ2) is 10.1. The molecule has 1 aromatic heterocycles. The maximum absolute atomic E-state index is 6.39. The van der Waals surface area contributed by atoms with Crippen molar-refractivity contribution in [3.05, 3.63) is 151 Å². The molecule has 0 amide bonds. The van der Waals surface area contributed by atoms with E-state index in [1.807, 2.05) is 12.1 Å². The predicted molar refractivity (Wildman–Crippen MR) is 188 cm³/mol. The number of hydrogen-bond donors (Lipinski definition) is 0. The van der Waals surface area contributed by atoms with Crippen LogP contribution in [0.1, 0.15) is 26.3 Å². The average Bonchev–Trinajstić information content (AvgIpc) is 3.42. The van der Waals surface area contributed by atoms with Crippen LogP contribution in [0.4, 0.5) is 17.1 Å². The van der Waals surface area contributed by atoms with E-state index in [4.69, 9.17) is 4.42 Å². The number of anilines is 3. The highest BCUT2D eigenvalue weighted by molar-refractivity contribution is 6.12. The van der Waals surface area contributed by atoms with Crippen molar-refractivity contribution < 1.29 is 4.42 Å². The Morgan fingerprint density at radius 3 is 1.86 bits per heavy atom. The summed E-state index contributed by atoms with van der Waals surface area (Å²) in [6.07, 6.45) is 0. The van der Waals surface area contributed by atoms with E-state index < -0.39 is 0 Å². The lowest BCUT2D eigenvalue weighted by Gasteiger charge is -2.30. The van der Waals surface area contributed by atoms with Gasteiger partial charge in [-0.25, -0.2) is 0 Å². The fraction of sp³-hybridized carbons (Fsp3) is 0.0952. The van der Waals surface area contributed by atoms with Crippen LogP contribution in [0, 0.1) is 0 Å². The van der Waals surface area contributed by atoms with E-state index in [1.165, 1.54) is 38.2 Å². The van der Waals surface area contributed by atoms with Crippen molar-refractivity contribution in [2.75, 3.05) is 4.90 Å². The molecule has 1 heterocycles. The van der Waals surface area contributed by atoms with Gasteiger partial charge in [-0.1, -0.05) is 124 Å². The fourth-order valence-corrected chi connectivity index (χ4v) is 6.56. The molecule has 0 unspecified atom stereocenters. The Balaban J connectivity index is 1.44. The highest BCUT2D eigenvalue weighted by Gasteiger charge is 2.22. The summed E-state index contributed by atoms with van der Waals surface area (Å²) in [5.74, 6) is 0. The molecule has 0 N–H and O–H groups in total. The van der Waals surface area contributed by atoms with Crippen molar-refractivity contribution in [2.45, 2.75) is 26.2 Å². The van der Waals surface area contributed by atoms with Crippen LogP contribution in [0.3, 0.4) is 0 Å². The molecule has 0 spiro atoms. The van der Waals surface area contributed by atoms with Crippen molar-refractivity contribution in [3.8, 4) is 11.1 Å².